The first-order chi connectivity index (χ1) is 10.2. The van der Waals surface area contributed by atoms with Gasteiger partial charge in [-0.3, -0.25) is 0 Å². The van der Waals surface area contributed by atoms with Gasteiger partial charge in [-0.2, -0.15) is 0 Å². The number of hydrogen-bond donors (Lipinski definition) is 2. The van der Waals surface area contributed by atoms with E-state index in [-0.39, 0.29) is 0 Å². The highest BCUT2D eigenvalue weighted by Crippen LogP contribution is 2.32. The smallest absolute Gasteiger partial charge is 0.124 e. The lowest BCUT2D eigenvalue weighted by Crippen LogP contribution is -2.35. The molecule has 116 valence electrons. The van der Waals surface area contributed by atoms with Crippen LogP contribution in [0.25, 0.3) is 0 Å². The number of rotatable bonds is 6. The predicted octanol–water partition coefficient (Wildman–Crippen LogP) is 3.04. The molecule has 2 N–H and O–H groups in total. The largest absolute Gasteiger partial charge is 0.382 e. The van der Waals surface area contributed by atoms with Gasteiger partial charge in [0, 0.05) is 19.5 Å². The Morgan fingerprint density at radius 3 is 2.71 bits per heavy atom. The highest BCUT2D eigenvalue weighted by Gasteiger charge is 2.27. The third-order valence-corrected chi connectivity index (χ3v) is 5.87. The molecule has 0 radical (unpaired) electrons. The Hall–Kier alpha value is -0.780. The molecule has 0 aromatic heterocycles. The summed E-state index contributed by atoms with van der Waals surface area (Å²) in [6.07, 6.45) is 6.00. The number of hydrogen-bond acceptors (Lipinski definition) is 2. The average Bonchev–Trinajstić information content (AvgIpc) is 2.55. The van der Waals surface area contributed by atoms with Crippen LogP contribution in [-0.4, -0.2) is 22.8 Å². The Morgan fingerprint density at radius 1 is 1.29 bits per heavy atom. The summed E-state index contributed by atoms with van der Waals surface area (Å²) in [5.74, 6) is 1.10. The van der Waals surface area contributed by atoms with Crippen molar-refractivity contribution in [3.63, 3.8) is 0 Å². The lowest BCUT2D eigenvalue weighted by Gasteiger charge is -2.32. The van der Waals surface area contributed by atoms with E-state index < -0.39 is 11.0 Å². The van der Waals surface area contributed by atoms with E-state index >= 15 is 0 Å². The van der Waals surface area contributed by atoms with Crippen LogP contribution in [0.15, 0.2) is 35.2 Å². The van der Waals surface area contributed by atoms with Gasteiger partial charge in [-0.15, -0.1) is 0 Å². The second-order valence-corrected chi connectivity index (χ2v) is 7.27. The molecule has 0 saturated heterocycles. The summed E-state index contributed by atoms with van der Waals surface area (Å²) in [6, 6.07) is 9.55. The molecule has 21 heavy (non-hydrogen) atoms. The molecule has 1 fully saturated rings. The van der Waals surface area contributed by atoms with Crippen LogP contribution in [0, 0.1) is 11.8 Å². The Balaban J connectivity index is 1.81. The Morgan fingerprint density at radius 2 is 2.00 bits per heavy atom. The third kappa shape index (κ3) is 4.87. The Bertz CT molecular complexity index is 478. The summed E-state index contributed by atoms with van der Waals surface area (Å²) in [7, 11) is 0.803. The highest BCUT2D eigenvalue weighted by atomic mass is 32.2. The van der Waals surface area contributed by atoms with Crippen molar-refractivity contribution < 1.29 is 4.21 Å². The maximum atomic E-state index is 12.1. The van der Waals surface area contributed by atoms with Crippen LogP contribution in [-0.2, 0) is 11.0 Å². The van der Waals surface area contributed by atoms with Crippen molar-refractivity contribution in [1.29, 1.82) is 0 Å². The molecule has 5 heteroatoms. The summed E-state index contributed by atoms with van der Waals surface area (Å²) in [4.78, 5) is 1.83. The third-order valence-electron chi connectivity index (χ3n) is 4.20. The van der Waals surface area contributed by atoms with Crippen molar-refractivity contribution in [2.45, 2.75) is 37.0 Å². The first-order valence-electron chi connectivity index (χ1n) is 7.64. The molecule has 0 spiro atoms. The summed E-state index contributed by atoms with van der Waals surface area (Å²) in [5.41, 5.74) is 0. The van der Waals surface area contributed by atoms with Crippen molar-refractivity contribution in [2.24, 2.45) is 11.8 Å². The Labute approximate surface area is 135 Å². The molecule has 1 saturated carbocycles. The molecule has 1 aliphatic carbocycles. The van der Waals surface area contributed by atoms with Gasteiger partial charge >= 0.3 is 0 Å². The number of benzene rings is 1. The molecule has 0 bridgehead atoms. The molecule has 1 aliphatic rings. The molecule has 1 aromatic carbocycles. The molecule has 0 aliphatic heterocycles. The monoisotopic (exact) mass is 324 g/mol. The topological polar surface area (TPSA) is 41.1 Å². The van der Waals surface area contributed by atoms with Crippen molar-refractivity contribution in [1.82, 2.24) is 10.0 Å². The van der Waals surface area contributed by atoms with Crippen molar-refractivity contribution in [3.8, 4) is 0 Å². The van der Waals surface area contributed by atoms with Crippen LogP contribution in [0.3, 0.4) is 0 Å². The summed E-state index contributed by atoms with van der Waals surface area (Å²) in [5, 5.41) is 3.14. The maximum Gasteiger partial charge on any atom is 0.124 e. The molecule has 3 atom stereocenters. The molecule has 2 unspecified atom stereocenters. The van der Waals surface area contributed by atoms with E-state index in [1.165, 1.54) is 25.7 Å². The zero-order valence-electron chi connectivity index (χ0n) is 12.5. The fraction of sp³-hybridized carbons (Fsp3) is 0.562. The van der Waals surface area contributed by atoms with Crippen LogP contribution in [0.4, 0.5) is 0 Å². The zero-order valence-corrected chi connectivity index (χ0v) is 14.1. The van der Waals surface area contributed by atoms with Gasteiger partial charge in [-0.05, 0) is 37.3 Å². The van der Waals surface area contributed by atoms with Gasteiger partial charge in [0.15, 0.2) is 0 Å². The van der Waals surface area contributed by atoms with Crippen molar-refractivity contribution in [2.75, 3.05) is 13.6 Å². The minimum absolute atomic E-state index is 0.491. The van der Waals surface area contributed by atoms with E-state index in [4.69, 9.17) is 12.2 Å². The molecule has 2 rings (SSSR count). The SMILES string of the molecule is CNC(=S)C1CCCC[C@@H]1CCNS(=O)c1ccccc1. The van der Waals surface area contributed by atoms with E-state index in [1.54, 1.807) is 0 Å². The van der Waals surface area contributed by atoms with E-state index in [0.717, 1.165) is 22.8 Å². The zero-order chi connectivity index (χ0) is 15.1. The first kappa shape index (κ1) is 16.6. The van der Waals surface area contributed by atoms with Crippen LogP contribution in [0.1, 0.15) is 32.1 Å². The lowest BCUT2D eigenvalue weighted by atomic mass is 9.77. The highest BCUT2D eigenvalue weighted by molar-refractivity contribution is 7.83. The van der Waals surface area contributed by atoms with Crippen molar-refractivity contribution in [3.05, 3.63) is 30.3 Å². The second kappa shape index (κ2) is 8.61. The van der Waals surface area contributed by atoms with Crippen LogP contribution in [0.2, 0.25) is 0 Å². The quantitative estimate of drug-likeness (QED) is 0.790. The predicted molar refractivity (Wildman–Crippen MR) is 92.6 cm³/mol. The van der Waals surface area contributed by atoms with E-state index in [9.17, 15) is 4.21 Å². The number of thiocarbonyl (C=S) groups is 1. The number of nitrogens with one attached hydrogen (secondary N) is 2. The van der Waals surface area contributed by atoms with Gasteiger partial charge in [-0.25, -0.2) is 8.93 Å². The first-order valence-corrected chi connectivity index (χ1v) is 9.20. The van der Waals surface area contributed by atoms with Crippen LogP contribution >= 0.6 is 12.2 Å². The second-order valence-electron chi connectivity index (χ2n) is 5.53. The molecule has 1 aromatic rings. The summed E-state index contributed by atoms with van der Waals surface area (Å²) in [6.45, 7) is 0.773. The minimum atomic E-state index is -1.11. The summed E-state index contributed by atoms with van der Waals surface area (Å²) >= 11 is 5.44. The Kier molecular flexibility index (Phi) is 6.80. The fourth-order valence-corrected chi connectivity index (χ4v) is 4.23. The van der Waals surface area contributed by atoms with Gasteiger partial charge in [0.05, 0.1) is 9.88 Å². The molecule has 0 heterocycles. The van der Waals surface area contributed by atoms with Gasteiger partial charge in [0.25, 0.3) is 0 Å². The fourth-order valence-electron chi connectivity index (χ4n) is 3.05. The lowest BCUT2D eigenvalue weighted by molar-refractivity contribution is 0.285. The van der Waals surface area contributed by atoms with Gasteiger partial charge in [0.1, 0.15) is 11.0 Å². The van der Waals surface area contributed by atoms with E-state index in [2.05, 4.69) is 10.0 Å². The van der Waals surface area contributed by atoms with Crippen LogP contribution in [0.5, 0.6) is 0 Å². The van der Waals surface area contributed by atoms with Gasteiger partial charge < -0.3 is 5.32 Å². The maximum absolute atomic E-state index is 12.1. The molecular formula is C16H24N2OS2. The van der Waals surface area contributed by atoms with Crippen LogP contribution < -0.4 is 10.0 Å². The van der Waals surface area contributed by atoms with E-state index in [1.807, 2.05) is 37.4 Å². The molecule has 3 nitrogen and oxygen atoms in total. The average molecular weight is 325 g/mol. The molecule has 0 amide bonds. The van der Waals surface area contributed by atoms with Gasteiger partial charge in [0.2, 0.25) is 0 Å². The molecular weight excluding hydrogens is 300 g/mol. The van der Waals surface area contributed by atoms with E-state index in [0.29, 0.717) is 11.8 Å². The van der Waals surface area contributed by atoms with Crippen molar-refractivity contribution >= 4 is 28.2 Å². The summed E-state index contributed by atoms with van der Waals surface area (Å²) < 4.78 is 15.3. The standard InChI is InChI=1S/C16H24N2OS2/c1-17-16(20)15-10-6-5-7-13(15)11-12-18-21(19)14-8-3-2-4-9-14/h2-4,8-9,13,15,18H,5-7,10-12H2,1H3,(H,17,20)/t13-,15?,21?/m1/s1. The minimum Gasteiger partial charge on any atom is -0.382 e. The normalized spacial score (nSPS) is 23.5. The van der Waals surface area contributed by atoms with Gasteiger partial charge in [-0.1, -0.05) is 43.3 Å².